The van der Waals surface area contributed by atoms with Gasteiger partial charge < -0.3 is 10.1 Å². The van der Waals surface area contributed by atoms with Gasteiger partial charge in [-0.2, -0.15) is 0 Å². The summed E-state index contributed by atoms with van der Waals surface area (Å²) in [6.45, 7) is 0.0399. The van der Waals surface area contributed by atoms with Crippen molar-refractivity contribution in [2.45, 2.75) is 19.0 Å². The van der Waals surface area contributed by atoms with Crippen LogP contribution in [0.5, 0.6) is 0 Å². The fraction of sp³-hybridized carbons (Fsp3) is 0.120. The molecule has 0 radical (unpaired) electrons. The van der Waals surface area contributed by atoms with Gasteiger partial charge in [0.1, 0.15) is 12.4 Å². The van der Waals surface area contributed by atoms with Crippen LogP contribution >= 0.6 is 23.2 Å². The predicted molar refractivity (Wildman–Crippen MR) is 129 cm³/mol. The number of aromatic nitrogens is 3. The first-order chi connectivity index (χ1) is 17.0. The van der Waals surface area contributed by atoms with Crippen molar-refractivity contribution < 1.29 is 18.7 Å². The highest BCUT2D eigenvalue weighted by Crippen LogP contribution is 2.26. The van der Waals surface area contributed by atoms with Gasteiger partial charge in [0.2, 0.25) is 0 Å². The number of hydrogen-bond donors (Lipinski definition) is 1. The molecule has 0 aliphatic carbocycles. The Morgan fingerprint density at radius 2 is 1.66 bits per heavy atom. The Labute approximate surface area is 210 Å². The lowest BCUT2D eigenvalue weighted by atomic mass is 10.0. The van der Waals surface area contributed by atoms with Gasteiger partial charge in [-0.1, -0.05) is 54.1 Å². The SMILES string of the molecule is O=C(NCc1nnc(CCl)n1-c1ccc(Cl)cc1C(=O)c1ccccc1F)OCc1ccccc1. The van der Waals surface area contributed by atoms with Crippen LogP contribution in [0.2, 0.25) is 5.02 Å². The van der Waals surface area contributed by atoms with Crippen LogP contribution in [0.4, 0.5) is 9.18 Å². The molecule has 35 heavy (non-hydrogen) atoms. The smallest absolute Gasteiger partial charge is 0.407 e. The fourth-order valence-electron chi connectivity index (χ4n) is 3.43. The molecule has 0 saturated heterocycles. The van der Waals surface area contributed by atoms with Crippen LogP contribution in [-0.2, 0) is 23.8 Å². The standard InChI is InChI=1S/C25H19Cl2FN4O3/c26-13-22-30-31-23(14-29-25(34)35-15-16-6-2-1-3-7-16)32(22)21-11-10-17(27)12-19(21)24(33)18-8-4-5-9-20(18)28/h1-12H,13-15H2,(H,29,34). The minimum Gasteiger partial charge on any atom is -0.445 e. The van der Waals surface area contributed by atoms with Gasteiger partial charge in [-0.05, 0) is 35.9 Å². The van der Waals surface area contributed by atoms with E-state index in [0.29, 0.717) is 17.3 Å². The van der Waals surface area contributed by atoms with Crippen LogP contribution in [-0.4, -0.2) is 26.6 Å². The van der Waals surface area contributed by atoms with E-state index in [9.17, 15) is 14.0 Å². The molecule has 4 aromatic rings. The number of alkyl carbamates (subject to hydrolysis) is 1. The molecule has 0 fully saturated rings. The van der Waals surface area contributed by atoms with Crippen molar-refractivity contribution in [2.24, 2.45) is 0 Å². The first-order valence-electron chi connectivity index (χ1n) is 10.5. The molecular formula is C25H19Cl2FN4O3. The molecule has 0 aliphatic rings. The molecule has 4 rings (SSSR count). The summed E-state index contributed by atoms with van der Waals surface area (Å²) in [5.41, 5.74) is 1.20. The van der Waals surface area contributed by atoms with E-state index in [4.69, 9.17) is 27.9 Å². The maximum absolute atomic E-state index is 14.4. The zero-order valence-electron chi connectivity index (χ0n) is 18.2. The lowest BCUT2D eigenvalue weighted by Gasteiger charge is -2.15. The maximum Gasteiger partial charge on any atom is 0.407 e. The summed E-state index contributed by atoms with van der Waals surface area (Å²) in [7, 11) is 0. The van der Waals surface area contributed by atoms with Gasteiger partial charge >= 0.3 is 6.09 Å². The van der Waals surface area contributed by atoms with Crippen LogP contribution in [0.3, 0.4) is 0 Å². The molecule has 0 spiro atoms. The molecule has 1 amide bonds. The van der Waals surface area contributed by atoms with Crippen molar-refractivity contribution in [3.63, 3.8) is 0 Å². The topological polar surface area (TPSA) is 86.1 Å². The minimum absolute atomic E-state index is 0.0264. The van der Waals surface area contributed by atoms with Crippen LogP contribution in [0, 0.1) is 5.82 Å². The number of rotatable bonds is 8. The number of benzene rings is 3. The van der Waals surface area contributed by atoms with E-state index in [-0.39, 0.29) is 35.2 Å². The zero-order chi connectivity index (χ0) is 24.8. The fourth-order valence-corrected chi connectivity index (χ4v) is 3.78. The lowest BCUT2D eigenvalue weighted by Crippen LogP contribution is -2.25. The van der Waals surface area contributed by atoms with E-state index in [0.717, 1.165) is 5.56 Å². The molecule has 0 atom stereocenters. The number of hydrogen-bond acceptors (Lipinski definition) is 5. The second-order valence-corrected chi connectivity index (χ2v) is 8.09. The largest absolute Gasteiger partial charge is 0.445 e. The lowest BCUT2D eigenvalue weighted by molar-refractivity contribution is 0.103. The van der Waals surface area contributed by atoms with Gasteiger partial charge in [0.25, 0.3) is 0 Å². The average molecular weight is 513 g/mol. The summed E-state index contributed by atoms with van der Waals surface area (Å²) in [5.74, 6) is -0.640. The van der Waals surface area contributed by atoms with E-state index in [1.54, 1.807) is 18.2 Å². The van der Waals surface area contributed by atoms with Crippen molar-refractivity contribution in [2.75, 3.05) is 0 Å². The Hall–Kier alpha value is -3.75. The van der Waals surface area contributed by atoms with Gasteiger partial charge in [-0.3, -0.25) is 9.36 Å². The number of halogens is 3. The first-order valence-corrected chi connectivity index (χ1v) is 11.4. The van der Waals surface area contributed by atoms with E-state index < -0.39 is 17.7 Å². The van der Waals surface area contributed by atoms with E-state index in [1.807, 2.05) is 30.3 Å². The van der Waals surface area contributed by atoms with Crippen LogP contribution in [0.25, 0.3) is 5.69 Å². The normalized spacial score (nSPS) is 10.7. The number of nitrogens with zero attached hydrogens (tertiary/aromatic N) is 3. The molecule has 7 nitrogen and oxygen atoms in total. The molecule has 1 aromatic heterocycles. The van der Waals surface area contributed by atoms with Crippen LogP contribution in [0.15, 0.2) is 72.8 Å². The second kappa shape index (κ2) is 11.1. The summed E-state index contributed by atoms with van der Waals surface area (Å²) < 4.78 is 21.1. The Morgan fingerprint density at radius 1 is 0.943 bits per heavy atom. The molecule has 0 aliphatic heterocycles. The third-order valence-electron chi connectivity index (χ3n) is 5.08. The number of alkyl halides is 1. The second-order valence-electron chi connectivity index (χ2n) is 7.39. The number of ketones is 1. The molecule has 0 saturated carbocycles. The predicted octanol–water partition coefficient (Wildman–Crippen LogP) is 5.46. The highest BCUT2D eigenvalue weighted by molar-refractivity contribution is 6.31. The molecule has 178 valence electrons. The monoisotopic (exact) mass is 512 g/mol. The number of carbonyl (C=O) groups excluding carboxylic acids is 2. The number of carbonyl (C=O) groups is 2. The third kappa shape index (κ3) is 5.67. The molecule has 0 bridgehead atoms. The molecule has 1 N–H and O–H groups in total. The molecule has 10 heteroatoms. The zero-order valence-corrected chi connectivity index (χ0v) is 19.8. The van der Waals surface area contributed by atoms with Gasteiger partial charge in [0.05, 0.1) is 23.7 Å². The first kappa shape index (κ1) is 24.4. The van der Waals surface area contributed by atoms with Gasteiger partial charge in [-0.25, -0.2) is 9.18 Å². The van der Waals surface area contributed by atoms with Crippen molar-refractivity contribution in [1.82, 2.24) is 20.1 Å². The van der Waals surface area contributed by atoms with Gasteiger partial charge in [-0.15, -0.1) is 21.8 Å². The number of amides is 1. The van der Waals surface area contributed by atoms with Crippen molar-refractivity contribution in [1.29, 1.82) is 0 Å². The summed E-state index contributed by atoms with van der Waals surface area (Å²) in [4.78, 5) is 25.5. The quantitative estimate of drug-likeness (QED) is 0.250. The molecule has 3 aromatic carbocycles. The van der Waals surface area contributed by atoms with E-state index in [2.05, 4.69) is 15.5 Å². The Balaban J connectivity index is 1.61. The Morgan fingerprint density at radius 3 is 2.40 bits per heavy atom. The van der Waals surface area contributed by atoms with Crippen molar-refractivity contribution in [3.05, 3.63) is 112 Å². The summed E-state index contributed by atoms with van der Waals surface area (Å²) in [6, 6.07) is 19.5. The van der Waals surface area contributed by atoms with Gasteiger partial charge in [0.15, 0.2) is 17.4 Å². The van der Waals surface area contributed by atoms with E-state index >= 15 is 0 Å². The third-order valence-corrected chi connectivity index (χ3v) is 5.56. The highest BCUT2D eigenvalue weighted by Gasteiger charge is 2.23. The maximum atomic E-state index is 14.4. The highest BCUT2D eigenvalue weighted by atomic mass is 35.5. The number of ether oxygens (including phenoxy) is 1. The van der Waals surface area contributed by atoms with E-state index in [1.165, 1.54) is 28.8 Å². The summed E-state index contributed by atoms with van der Waals surface area (Å²) >= 11 is 12.2. The Kier molecular flexibility index (Phi) is 7.74. The minimum atomic E-state index is -0.659. The van der Waals surface area contributed by atoms with Crippen molar-refractivity contribution in [3.8, 4) is 5.69 Å². The average Bonchev–Trinajstić information content (AvgIpc) is 3.29. The Bertz CT molecular complexity index is 1360. The van der Waals surface area contributed by atoms with Crippen molar-refractivity contribution >= 4 is 35.1 Å². The van der Waals surface area contributed by atoms with Crippen LogP contribution in [0.1, 0.15) is 33.1 Å². The molecule has 1 heterocycles. The summed E-state index contributed by atoms with van der Waals surface area (Å²) in [6.07, 6.45) is -0.658. The number of nitrogens with one attached hydrogen (secondary N) is 1. The van der Waals surface area contributed by atoms with Crippen LogP contribution < -0.4 is 5.32 Å². The molecular weight excluding hydrogens is 494 g/mol. The van der Waals surface area contributed by atoms with Gasteiger partial charge in [0, 0.05) is 10.6 Å². The summed E-state index contributed by atoms with van der Waals surface area (Å²) in [5, 5.41) is 11.1. The molecule has 0 unspecified atom stereocenters.